The van der Waals surface area contributed by atoms with Crippen molar-refractivity contribution in [3.63, 3.8) is 0 Å². The van der Waals surface area contributed by atoms with Gasteiger partial charge in [0.2, 0.25) is 0 Å². The van der Waals surface area contributed by atoms with Crippen LogP contribution in [0.15, 0.2) is 53.4 Å². The molecule has 2 aromatic rings. The summed E-state index contributed by atoms with van der Waals surface area (Å²) in [5.74, 6) is -1.25. The highest BCUT2D eigenvalue weighted by Crippen LogP contribution is 2.36. The van der Waals surface area contributed by atoms with E-state index in [0.717, 1.165) is 11.8 Å². The van der Waals surface area contributed by atoms with Crippen molar-refractivity contribution in [2.24, 2.45) is 0 Å². The van der Waals surface area contributed by atoms with E-state index in [2.05, 4.69) is 0 Å². The SMILES string of the molecule is O=C1C(=Cc2ccc(F)cc2)SC(=S)N1c1ccccc1F. The minimum atomic E-state index is -0.512. The van der Waals surface area contributed by atoms with Crippen LogP contribution in [0.4, 0.5) is 14.5 Å². The van der Waals surface area contributed by atoms with E-state index in [-0.39, 0.29) is 21.7 Å². The fourth-order valence-electron chi connectivity index (χ4n) is 2.02. The van der Waals surface area contributed by atoms with Crippen LogP contribution in [0, 0.1) is 11.6 Å². The molecule has 2 aromatic carbocycles. The molecule has 6 heteroatoms. The van der Waals surface area contributed by atoms with Gasteiger partial charge in [-0.05, 0) is 35.9 Å². The Morgan fingerprint density at radius 1 is 1.05 bits per heavy atom. The van der Waals surface area contributed by atoms with E-state index < -0.39 is 5.82 Å². The van der Waals surface area contributed by atoms with Crippen molar-refractivity contribution >= 4 is 46.0 Å². The van der Waals surface area contributed by atoms with Crippen LogP contribution in [-0.2, 0) is 4.79 Å². The third-order valence-corrected chi connectivity index (χ3v) is 4.36. The first-order valence-corrected chi connectivity index (χ1v) is 7.57. The number of halogens is 2. The van der Waals surface area contributed by atoms with Gasteiger partial charge < -0.3 is 0 Å². The van der Waals surface area contributed by atoms with E-state index >= 15 is 0 Å². The van der Waals surface area contributed by atoms with Crippen LogP contribution in [0.25, 0.3) is 6.08 Å². The molecule has 2 nitrogen and oxygen atoms in total. The molecule has 3 rings (SSSR count). The number of hydrogen-bond donors (Lipinski definition) is 0. The molecule has 0 N–H and O–H groups in total. The quantitative estimate of drug-likeness (QED) is 0.601. The molecule has 1 aliphatic heterocycles. The second-order valence-corrected chi connectivity index (χ2v) is 6.20. The van der Waals surface area contributed by atoms with Gasteiger partial charge in [0.15, 0.2) is 4.32 Å². The fourth-order valence-corrected chi connectivity index (χ4v) is 3.30. The standard InChI is InChI=1S/C16H9F2NOS2/c17-11-7-5-10(6-8-11)9-14-15(20)19(16(21)22-14)13-4-2-1-3-12(13)18/h1-9H. The molecule has 0 spiro atoms. The van der Waals surface area contributed by atoms with Crippen molar-refractivity contribution < 1.29 is 13.6 Å². The van der Waals surface area contributed by atoms with Crippen LogP contribution in [0.5, 0.6) is 0 Å². The molecule has 0 atom stereocenters. The molecule has 0 aliphatic carbocycles. The summed E-state index contributed by atoms with van der Waals surface area (Å²) in [6.45, 7) is 0. The Balaban J connectivity index is 1.95. The number of para-hydroxylation sites is 1. The average molecular weight is 333 g/mol. The van der Waals surface area contributed by atoms with Gasteiger partial charge in [0.25, 0.3) is 5.91 Å². The number of anilines is 1. The fraction of sp³-hybridized carbons (Fsp3) is 0. The van der Waals surface area contributed by atoms with Crippen LogP contribution in [0.3, 0.4) is 0 Å². The second kappa shape index (κ2) is 5.98. The Kier molecular flexibility index (Phi) is 4.04. The Hall–Kier alpha value is -2.05. The molecule has 0 aromatic heterocycles. The van der Waals surface area contributed by atoms with Crippen LogP contribution in [0.1, 0.15) is 5.56 Å². The predicted molar refractivity (Wildman–Crippen MR) is 88.5 cm³/mol. The maximum atomic E-state index is 13.9. The molecule has 110 valence electrons. The number of thiocarbonyl (C=S) groups is 1. The lowest BCUT2D eigenvalue weighted by Gasteiger charge is -2.14. The number of thioether (sulfide) groups is 1. The van der Waals surface area contributed by atoms with E-state index in [1.165, 1.54) is 29.2 Å². The Morgan fingerprint density at radius 2 is 1.73 bits per heavy atom. The number of hydrogen-bond acceptors (Lipinski definition) is 3. The summed E-state index contributed by atoms with van der Waals surface area (Å²) in [5.41, 5.74) is 0.808. The summed E-state index contributed by atoms with van der Waals surface area (Å²) in [4.78, 5) is 14.0. The molecule has 0 bridgehead atoms. The van der Waals surface area contributed by atoms with Crippen LogP contribution in [0.2, 0.25) is 0 Å². The molecule has 1 fully saturated rings. The molecule has 0 radical (unpaired) electrons. The summed E-state index contributed by atoms with van der Waals surface area (Å²) < 4.78 is 27.0. The smallest absolute Gasteiger partial charge is 0.268 e. The van der Waals surface area contributed by atoms with Crippen molar-refractivity contribution in [2.75, 3.05) is 4.90 Å². The maximum absolute atomic E-state index is 13.9. The Morgan fingerprint density at radius 3 is 2.41 bits per heavy atom. The summed E-state index contributed by atoms with van der Waals surface area (Å²) in [6, 6.07) is 11.7. The number of carbonyl (C=O) groups excluding carboxylic acids is 1. The Labute approximate surface area is 135 Å². The van der Waals surface area contributed by atoms with Gasteiger partial charge in [-0.25, -0.2) is 8.78 Å². The number of benzene rings is 2. The van der Waals surface area contributed by atoms with Gasteiger partial charge in [0.05, 0.1) is 10.6 Å². The largest absolute Gasteiger partial charge is 0.270 e. The molecule has 1 heterocycles. The highest BCUT2D eigenvalue weighted by Gasteiger charge is 2.34. The van der Waals surface area contributed by atoms with E-state index in [0.29, 0.717) is 10.5 Å². The van der Waals surface area contributed by atoms with E-state index in [1.807, 2.05) is 0 Å². The maximum Gasteiger partial charge on any atom is 0.270 e. The van der Waals surface area contributed by atoms with Gasteiger partial charge in [0, 0.05) is 0 Å². The monoisotopic (exact) mass is 333 g/mol. The minimum absolute atomic E-state index is 0.132. The van der Waals surface area contributed by atoms with Crippen molar-refractivity contribution in [1.29, 1.82) is 0 Å². The zero-order chi connectivity index (χ0) is 15.7. The first-order chi connectivity index (χ1) is 10.6. The van der Waals surface area contributed by atoms with Gasteiger partial charge in [-0.2, -0.15) is 0 Å². The highest BCUT2D eigenvalue weighted by molar-refractivity contribution is 8.27. The lowest BCUT2D eigenvalue weighted by atomic mass is 10.2. The molecule has 0 unspecified atom stereocenters. The Bertz CT molecular complexity index is 787. The van der Waals surface area contributed by atoms with Crippen LogP contribution < -0.4 is 4.90 Å². The number of carbonyl (C=O) groups is 1. The van der Waals surface area contributed by atoms with Crippen LogP contribution in [-0.4, -0.2) is 10.2 Å². The van der Waals surface area contributed by atoms with E-state index in [1.54, 1.807) is 30.3 Å². The normalized spacial score (nSPS) is 16.6. The average Bonchev–Trinajstić information content (AvgIpc) is 2.77. The third-order valence-electron chi connectivity index (χ3n) is 3.05. The lowest BCUT2D eigenvalue weighted by molar-refractivity contribution is -0.113. The molecular weight excluding hydrogens is 324 g/mol. The zero-order valence-electron chi connectivity index (χ0n) is 11.1. The molecule has 1 saturated heterocycles. The van der Waals surface area contributed by atoms with Crippen molar-refractivity contribution in [2.45, 2.75) is 0 Å². The van der Waals surface area contributed by atoms with Gasteiger partial charge in [-0.1, -0.05) is 48.2 Å². The molecular formula is C16H9F2NOS2. The third kappa shape index (κ3) is 2.80. The molecule has 1 amide bonds. The molecule has 1 aliphatic rings. The van der Waals surface area contributed by atoms with Crippen molar-refractivity contribution in [1.82, 2.24) is 0 Å². The van der Waals surface area contributed by atoms with Gasteiger partial charge in [0.1, 0.15) is 11.6 Å². The van der Waals surface area contributed by atoms with E-state index in [4.69, 9.17) is 12.2 Å². The number of nitrogens with zero attached hydrogens (tertiary/aromatic N) is 1. The van der Waals surface area contributed by atoms with Crippen molar-refractivity contribution in [3.8, 4) is 0 Å². The predicted octanol–water partition coefficient (Wildman–Crippen LogP) is 4.37. The van der Waals surface area contributed by atoms with Gasteiger partial charge >= 0.3 is 0 Å². The summed E-state index contributed by atoms with van der Waals surface area (Å²) in [7, 11) is 0. The van der Waals surface area contributed by atoms with Gasteiger partial charge in [-0.3, -0.25) is 9.69 Å². The first-order valence-electron chi connectivity index (χ1n) is 6.34. The second-order valence-electron chi connectivity index (χ2n) is 4.52. The first kappa shape index (κ1) is 14.9. The van der Waals surface area contributed by atoms with Gasteiger partial charge in [-0.15, -0.1) is 0 Å². The zero-order valence-corrected chi connectivity index (χ0v) is 12.8. The minimum Gasteiger partial charge on any atom is -0.268 e. The number of amides is 1. The summed E-state index contributed by atoms with van der Waals surface area (Å²) in [6.07, 6.45) is 1.61. The highest BCUT2D eigenvalue weighted by atomic mass is 32.2. The van der Waals surface area contributed by atoms with E-state index in [9.17, 15) is 13.6 Å². The van der Waals surface area contributed by atoms with Crippen LogP contribution >= 0.6 is 24.0 Å². The number of rotatable bonds is 2. The molecule has 22 heavy (non-hydrogen) atoms. The lowest BCUT2D eigenvalue weighted by Crippen LogP contribution is -2.28. The molecule has 0 saturated carbocycles. The topological polar surface area (TPSA) is 20.3 Å². The summed E-state index contributed by atoms with van der Waals surface area (Å²) in [5, 5.41) is 0. The summed E-state index contributed by atoms with van der Waals surface area (Å²) >= 11 is 6.27. The van der Waals surface area contributed by atoms with Crippen molar-refractivity contribution in [3.05, 3.63) is 70.6 Å².